The van der Waals surface area contributed by atoms with E-state index in [1.807, 2.05) is 42.5 Å². The summed E-state index contributed by atoms with van der Waals surface area (Å²) in [6, 6.07) is 12.7. The molecule has 1 aromatic heterocycles. The highest BCUT2D eigenvalue weighted by Gasteiger charge is 2.39. The monoisotopic (exact) mass is 328 g/mol. The molecule has 1 aliphatic heterocycles. The molecule has 2 aromatic rings. The fourth-order valence-electron chi connectivity index (χ4n) is 3.37. The molecule has 128 valence electrons. The smallest absolute Gasteiger partial charge is 0.318 e. The maximum absolute atomic E-state index is 12.8. The summed E-state index contributed by atoms with van der Waals surface area (Å²) in [4.78, 5) is 14.6. The SMILES string of the molecule is CC(C)(O)[C@@H]1CCCN1C(=O)N[C@@H](c1ccccc1)c1ccco1. The van der Waals surface area contributed by atoms with Gasteiger partial charge >= 0.3 is 6.03 Å². The topological polar surface area (TPSA) is 65.7 Å². The number of hydrogen-bond acceptors (Lipinski definition) is 3. The molecule has 1 fully saturated rings. The minimum absolute atomic E-state index is 0.175. The zero-order chi connectivity index (χ0) is 17.2. The third-order valence-corrected chi connectivity index (χ3v) is 4.56. The fraction of sp³-hybridized carbons (Fsp3) is 0.421. The van der Waals surface area contributed by atoms with Gasteiger partial charge in [0.2, 0.25) is 0 Å². The van der Waals surface area contributed by atoms with Crippen LogP contribution in [0, 0.1) is 0 Å². The van der Waals surface area contributed by atoms with Gasteiger partial charge in [0.15, 0.2) is 0 Å². The van der Waals surface area contributed by atoms with Crippen molar-refractivity contribution in [1.29, 1.82) is 0 Å². The van der Waals surface area contributed by atoms with Crippen LogP contribution in [-0.4, -0.2) is 34.2 Å². The van der Waals surface area contributed by atoms with E-state index in [1.165, 1.54) is 0 Å². The molecule has 0 bridgehead atoms. The molecule has 5 heteroatoms. The average molecular weight is 328 g/mol. The summed E-state index contributed by atoms with van der Waals surface area (Å²) in [6.07, 6.45) is 3.32. The van der Waals surface area contributed by atoms with E-state index in [0.29, 0.717) is 12.3 Å². The summed E-state index contributed by atoms with van der Waals surface area (Å²) in [5.74, 6) is 0.688. The van der Waals surface area contributed by atoms with Crippen LogP contribution in [0.5, 0.6) is 0 Å². The van der Waals surface area contributed by atoms with E-state index in [4.69, 9.17) is 4.42 Å². The van der Waals surface area contributed by atoms with Gasteiger partial charge in [0, 0.05) is 6.54 Å². The van der Waals surface area contributed by atoms with Crippen LogP contribution in [0.2, 0.25) is 0 Å². The minimum Gasteiger partial charge on any atom is -0.467 e. The number of benzene rings is 1. The van der Waals surface area contributed by atoms with Gasteiger partial charge in [-0.3, -0.25) is 0 Å². The van der Waals surface area contributed by atoms with Gasteiger partial charge in [-0.1, -0.05) is 30.3 Å². The van der Waals surface area contributed by atoms with Gasteiger partial charge < -0.3 is 19.7 Å². The highest BCUT2D eigenvalue weighted by molar-refractivity contribution is 5.76. The second-order valence-corrected chi connectivity index (χ2v) is 6.81. The number of nitrogens with zero attached hydrogens (tertiary/aromatic N) is 1. The first-order valence-electron chi connectivity index (χ1n) is 8.34. The van der Waals surface area contributed by atoms with Crippen molar-refractivity contribution in [3.63, 3.8) is 0 Å². The molecule has 0 aliphatic carbocycles. The van der Waals surface area contributed by atoms with E-state index < -0.39 is 5.60 Å². The second-order valence-electron chi connectivity index (χ2n) is 6.81. The van der Waals surface area contributed by atoms with E-state index in [9.17, 15) is 9.90 Å². The van der Waals surface area contributed by atoms with Crippen LogP contribution in [0.4, 0.5) is 4.79 Å². The predicted molar refractivity (Wildman–Crippen MR) is 91.6 cm³/mol. The van der Waals surface area contributed by atoms with Crippen molar-refractivity contribution in [1.82, 2.24) is 10.2 Å². The standard InChI is InChI=1S/C19H24N2O3/c1-19(2,23)16-11-6-12-21(16)18(22)20-17(15-10-7-13-24-15)14-8-4-3-5-9-14/h3-5,7-10,13,16-17,23H,6,11-12H2,1-2H3,(H,20,22)/t16-,17-/m0/s1. The van der Waals surface area contributed by atoms with Gasteiger partial charge in [-0.25, -0.2) is 4.79 Å². The van der Waals surface area contributed by atoms with Crippen LogP contribution >= 0.6 is 0 Å². The molecule has 2 atom stereocenters. The molecule has 1 saturated heterocycles. The first-order chi connectivity index (χ1) is 11.5. The molecule has 0 unspecified atom stereocenters. The Labute approximate surface area is 142 Å². The molecular formula is C19H24N2O3. The van der Waals surface area contributed by atoms with Crippen LogP contribution in [0.1, 0.15) is 44.1 Å². The Kier molecular flexibility index (Phi) is 4.62. The van der Waals surface area contributed by atoms with Gasteiger partial charge in [-0.2, -0.15) is 0 Å². The van der Waals surface area contributed by atoms with Crippen molar-refractivity contribution in [2.24, 2.45) is 0 Å². The molecule has 5 nitrogen and oxygen atoms in total. The molecule has 0 saturated carbocycles. The maximum Gasteiger partial charge on any atom is 0.318 e. The lowest BCUT2D eigenvalue weighted by atomic mass is 9.97. The van der Waals surface area contributed by atoms with Crippen molar-refractivity contribution >= 4 is 6.03 Å². The summed E-state index contributed by atoms with van der Waals surface area (Å²) in [7, 11) is 0. The van der Waals surface area contributed by atoms with E-state index in [1.54, 1.807) is 25.0 Å². The molecule has 1 aliphatic rings. The van der Waals surface area contributed by atoms with E-state index in [0.717, 1.165) is 18.4 Å². The Morgan fingerprint density at radius 1 is 1.29 bits per heavy atom. The fourth-order valence-corrected chi connectivity index (χ4v) is 3.37. The number of aliphatic hydroxyl groups is 1. The molecule has 0 spiro atoms. The third-order valence-electron chi connectivity index (χ3n) is 4.56. The minimum atomic E-state index is -0.916. The zero-order valence-electron chi connectivity index (χ0n) is 14.1. The number of likely N-dealkylation sites (tertiary alicyclic amines) is 1. The van der Waals surface area contributed by atoms with Crippen molar-refractivity contribution in [2.45, 2.75) is 44.4 Å². The van der Waals surface area contributed by atoms with Crippen molar-refractivity contribution in [3.05, 3.63) is 60.1 Å². The van der Waals surface area contributed by atoms with Crippen LogP contribution in [0.3, 0.4) is 0 Å². The highest BCUT2D eigenvalue weighted by Crippen LogP contribution is 2.28. The van der Waals surface area contributed by atoms with Gasteiger partial charge in [0.1, 0.15) is 11.8 Å². The number of urea groups is 1. The van der Waals surface area contributed by atoms with Crippen molar-refractivity contribution in [2.75, 3.05) is 6.54 Å². The molecular weight excluding hydrogens is 304 g/mol. The number of rotatable bonds is 4. The van der Waals surface area contributed by atoms with Gasteiger partial charge in [-0.05, 0) is 44.4 Å². The van der Waals surface area contributed by atoms with Crippen LogP contribution < -0.4 is 5.32 Å². The van der Waals surface area contributed by atoms with Crippen LogP contribution in [0.25, 0.3) is 0 Å². The summed E-state index contributed by atoms with van der Waals surface area (Å²) < 4.78 is 5.53. The van der Waals surface area contributed by atoms with Crippen LogP contribution in [0.15, 0.2) is 53.1 Å². The summed E-state index contributed by atoms with van der Waals surface area (Å²) in [5, 5.41) is 13.4. The Morgan fingerprint density at radius 3 is 2.67 bits per heavy atom. The summed E-state index contributed by atoms with van der Waals surface area (Å²) >= 11 is 0. The highest BCUT2D eigenvalue weighted by atomic mass is 16.3. The number of amides is 2. The molecule has 2 amide bonds. The average Bonchev–Trinajstić information content (AvgIpc) is 3.23. The molecule has 24 heavy (non-hydrogen) atoms. The first kappa shape index (κ1) is 16.6. The number of carbonyl (C=O) groups is 1. The number of hydrogen-bond donors (Lipinski definition) is 2. The lowest BCUT2D eigenvalue weighted by Crippen LogP contribution is -2.52. The lowest BCUT2D eigenvalue weighted by molar-refractivity contribution is 0.00953. The Hall–Kier alpha value is -2.27. The summed E-state index contributed by atoms with van der Waals surface area (Å²) in [5.41, 5.74) is 0.0422. The normalized spacial score (nSPS) is 19.3. The van der Waals surface area contributed by atoms with Gasteiger partial charge in [0.25, 0.3) is 0 Å². The predicted octanol–water partition coefficient (Wildman–Crippen LogP) is 3.31. The molecule has 1 aromatic carbocycles. The first-order valence-corrected chi connectivity index (χ1v) is 8.34. The van der Waals surface area contributed by atoms with E-state index in [-0.39, 0.29) is 18.1 Å². The Balaban J connectivity index is 1.82. The Bertz CT molecular complexity index is 662. The van der Waals surface area contributed by atoms with E-state index in [2.05, 4.69) is 5.32 Å². The molecule has 0 radical (unpaired) electrons. The van der Waals surface area contributed by atoms with Gasteiger partial charge in [-0.15, -0.1) is 0 Å². The Morgan fingerprint density at radius 2 is 2.04 bits per heavy atom. The molecule has 2 N–H and O–H groups in total. The summed E-state index contributed by atoms with van der Waals surface area (Å²) in [6.45, 7) is 4.16. The van der Waals surface area contributed by atoms with Crippen molar-refractivity contribution < 1.29 is 14.3 Å². The second kappa shape index (κ2) is 6.69. The molecule has 3 rings (SSSR count). The van der Waals surface area contributed by atoms with E-state index >= 15 is 0 Å². The maximum atomic E-state index is 12.8. The quantitative estimate of drug-likeness (QED) is 0.905. The zero-order valence-corrected chi connectivity index (χ0v) is 14.1. The lowest BCUT2D eigenvalue weighted by Gasteiger charge is -2.34. The number of carbonyl (C=O) groups excluding carboxylic acids is 1. The van der Waals surface area contributed by atoms with Crippen molar-refractivity contribution in [3.8, 4) is 0 Å². The largest absolute Gasteiger partial charge is 0.467 e. The van der Waals surface area contributed by atoms with Gasteiger partial charge in [0.05, 0.1) is 17.9 Å². The third kappa shape index (κ3) is 3.46. The van der Waals surface area contributed by atoms with Crippen LogP contribution in [-0.2, 0) is 0 Å². The number of nitrogens with one attached hydrogen (secondary N) is 1. The molecule has 2 heterocycles. The number of furan rings is 1.